The number of nitrogens with one attached hydrogen (secondary N) is 1. The summed E-state index contributed by atoms with van der Waals surface area (Å²) < 4.78 is 13.3. The van der Waals surface area contributed by atoms with Crippen molar-refractivity contribution in [3.8, 4) is 11.5 Å². The number of benzene rings is 2. The minimum Gasteiger partial charge on any atom is -0.486 e. The van der Waals surface area contributed by atoms with Gasteiger partial charge in [0, 0.05) is 30.2 Å². The van der Waals surface area contributed by atoms with Crippen LogP contribution >= 0.6 is 0 Å². The van der Waals surface area contributed by atoms with Crippen LogP contribution in [0, 0.1) is 0 Å². The summed E-state index contributed by atoms with van der Waals surface area (Å²) in [6.45, 7) is 2.10. The van der Waals surface area contributed by atoms with E-state index in [1.807, 2.05) is 41.3 Å². The first-order valence-electron chi connectivity index (χ1n) is 11.7. The average Bonchev–Trinajstić information content (AvgIpc) is 3.25. The minimum absolute atomic E-state index is 0.0265. The van der Waals surface area contributed by atoms with Crippen LogP contribution in [0.5, 0.6) is 11.5 Å². The number of amides is 2. The number of aromatic nitrogens is 1. The SMILES string of the molecule is O=C(NC[C@@H]1COc2ccccc2O1)C(=O)c1cn(CC(=O)N2CCCCC2)c2ccccc12. The van der Waals surface area contributed by atoms with Gasteiger partial charge in [-0.3, -0.25) is 14.4 Å². The molecular weight excluding hydrogens is 434 g/mol. The first-order chi connectivity index (χ1) is 16.6. The molecule has 0 unspecified atom stereocenters. The fraction of sp³-hybridized carbons (Fsp3) is 0.346. The van der Waals surface area contributed by atoms with Gasteiger partial charge in [-0.25, -0.2) is 0 Å². The summed E-state index contributed by atoms with van der Waals surface area (Å²) >= 11 is 0. The standard InChI is InChI=1S/C26H27N3O5/c30-24(28-12-6-1-7-13-28)16-29-15-20(19-8-2-3-9-21(19)29)25(31)26(32)27-14-18-17-33-22-10-4-5-11-23(22)34-18/h2-5,8-11,15,18H,1,6-7,12-14,16-17H2,(H,27,32)/t18-/m1/s1. The molecule has 34 heavy (non-hydrogen) atoms. The predicted octanol–water partition coefficient (Wildman–Crippen LogP) is 2.79. The van der Waals surface area contributed by atoms with E-state index < -0.39 is 17.8 Å². The van der Waals surface area contributed by atoms with Gasteiger partial charge in [0.1, 0.15) is 19.3 Å². The zero-order chi connectivity index (χ0) is 23.5. The number of hydrogen-bond acceptors (Lipinski definition) is 5. The number of fused-ring (bicyclic) bond motifs is 2. The summed E-state index contributed by atoms with van der Waals surface area (Å²) in [5.74, 6) is -0.0577. The molecule has 1 saturated heterocycles. The number of Topliss-reactive ketones (excluding diaryl/α,β-unsaturated/α-hetero) is 1. The third-order valence-electron chi connectivity index (χ3n) is 6.31. The molecule has 0 spiro atoms. The van der Waals surface area contributed by atoms with Gasteiger partial charge < -0.3 is 24.3 Å². The van der Waals surface area contributed by atoms with Crippen molar-refractivity contribution in [1.82, 2.24) is 14.8 Å². The van der Waals surface area contributed by atoms with Gasteiger partial charge in [-0.1, -0.05) is 30.3 Å². The highest BCUT2D eigenvalue weighted by molar-refractivity contribution is 6.45. The van der Waals surface area contributed by atoms with Gasteiger partial charge in [0.15, 0.2) is 11.5 Å². The number of ketones is 1. The highest BCUT2D eigenvalue weighted by Gasteiger charge is 2.26. The summed E-state index contributed by atoms with van der Waals surface area (Å²) in [7, 11) is 0. The Labute approximate surface area is 197 Å². The third kappa shape index (κ3) is 4.48. The maximum atomic E-state index is 13.0. The Balaban J connectivity index is 1.27. The second-order valence-corrected chi connectivity index (χ2v) is 8.67. The van der Waals surface area contributed by atoms with Crippen molar-refractivity contribution in [2.75, 3.05) is 26.2 Å². The Kier molecular flexibility index (Phi) is 6.20. The molecule has 176 valence electrons. The van der Waals surface area contributed by atoms with Crippen LogP contribution in [-0.4, -0.2) is 59.4 Å². The van der Waals surface area contributed by atoms with Crippen molar-refractivity contribution in [2.45, 2.75) is 31.9 Å². The summed E-state index contributed by atoms with van der Waals surface area (Å²) in [6.07, 6.45) is 4.40. The smallest absolute Gasteiger partial charge is 0.292 e. The van der Waals surface area contributed by atoms with E-state index in [1.165, 1.54) is 0 Å². The first kappa shape index (κ1) is 22.0. The highest BCUT2D eigenvalue weighted by atomic mass is 16.6. The van der Waals surface area contributed by atoms with Crippen molar-refractivity contribution in [2.24, 2.45) is 0 Å². The Morgan fingerprint density at radius 3 is 2.50 bits per heavy atom. The number of para-hydroxylation sites is 3. The van der Waals surface area contributed by atoms with E-state index in [1.54, 1.807) is 22.9 Å². The van der Waals surface area contributed by atoms with Crippen molar-refractivity contribution < 1.29 is 23.9 Å². The highest BCUT2D eigenvalue weighted by Crippen LogP contribution is 2.30. The minimum atomic E-state index is -0.715. The van der Waals surface area contributed by atoms with Gasteiger partial charge in [0.05, 0.1) is 12.1 Å². The maximum Gasteiger partial charge on any atom is 0.292 e. The molecule has 2 aliphatic heterocycles. The largest absolute Gasteiger partial charge is 0.486 e. The van der Waals surface area contributed by atoms with Crippen molar-refractivity contribution in [3.05, 3.63) is 60.3 Å². The number of ether oxygens (including phenoxy) is 2. The van der Waals surface area contributed by atoms with E-state index in [-0.39, 0.29) is 31.2 Å². The number of nitrogens with zero attached hydrogens (tertiary/aromatic N) is 2. The molecule has 3 heterocycles. The molecule has 1 fully saturated rings. The lowest BCUT2D eigenvalue weighted by atomic mass is 10.1. The number of hydrogen-bond donors (Lipinski definition) is 1. The van der Waals surface area contributed by atoms with Crippen LogP contribution in [0.15, 0.2) is 54.7 Å². The normalized spacial score (nSPS) is 17.4. The maximum absolute atomic E-state index is 13.0. The van der Waals surface area contributed by atoms with E-state index in [0.29, 0.717) is 16.9 Å². The third-order valence-corrected chi connectivity index (χ3v) is 6.31. The first-order valence-corrected chi connectivity index (χ1v) is 11.7. The number of likely N-dealkylation sites (tertiary alicyclic amines) is 1. The lowest BCUT2D eigenvalue weighted by Gasteiger charge is -2.27. The van der Waals surface area contributed by atoms with Crippen LogP contribution in [0.2, 0.25) is 0 Å². The van der Waals surface area contributed by atoms with E-state index in [4.69, 9.17) is 9.47 Å². The fourth-order valence-corrected chi connectivity index (χ4v) is 4.52. The molecule has 0 aliphatic carbocycles. The van der Waals surface area contributed by atoms with Crippen molar-refractivity contribution in [1.29, 1.82) is 0 Å². The Morgan fingerprint density at radius 1 is 0.941 bits per heavy atom. The molecule has 1 aromatic heterocycles. The molecule has 1 atom stereocenters. The van der Waals surface area contributed by atoms with Crippen LogP contribution in [-0.2, 0) is 16.1 Å². The van der Waals surface area contributed by atoms with E-state index >= 15 is 0 Å². The van der Waals surface area contributed by atoms with Gasteiger partial charge in [-0.2, -0.15) is 0 Å². The number of carbonyl (C=O) groups is 3. The lowest BCUT2D eigenvalue weighted by Crippen LogP contribution is -2.42. The second-order valence-electron chi connectivity index (χ2n) is 8.67. The number of piperidine rings is 1. The molecule has 1 N–H and O–H groups in total. The zero-order valence-corrected chi connectivity index (χ0v) is 18.9. The molecule has 8 heteroatoms. The van der Waals surface area contributed by atoms with Gasteiger partial charge >= 0.3 is 0 Å². The van der Waals surface area contributed by atoms with Crippen LogP contribution in [0.25, 0.3) is 10.9 Å². The molecule has 5 rings (SSSR count). The molecule has 2 amide bonds. The molecule has 8 nitrogen and oxygen atoms in total. The van der Waals surface area contributed by atoms with Crippen molar-refractivity contribution >= 4 is 28.5 Å². The lowest BCUT2D eigenvalue weighted by molar-refractivity contribution is -0.132. The summed E-state index contributed by atoms with van der Waals surface area (Å²) in [5.41, 5.74) is 1.04. The molecule has 0 radical (unpaired) electrons. The van der Waals surface area contributed by atoms with Crippen molar-refractivity contribution in [3.63, 3.8) is 0 Å². The van der Waals surface area contributed by atoms with Gasteiger partial charge in [0.25, 0.3) is 11.7 Å². The number of carbonyl (C=O) groups excluding carboxylic acids is 3. The Hall–Kier alpha value is -3.81. The molecule has 0 saturated carbocycles. The van der Waals surface area contributed by atoms with E-state index in [2.05, 4.69) is 5.32 Å². The van der Waals surface area contributed by atoms with E-state index in [0.717, 1.165) is 37.9 Å². The van der Waals surface area contributed by atoms with Crippen LogP contribution in [0.1, 0.15) is 29.6 Å². The fourth-order valence-electron chi connectivity index (χ4n) is 4.52. The van der Waals surface area contributed by atoms with Crippen LogP contribution in [0.4, 0.5) is 0 Å². The summed E-state index contributed by atoms with van der Waals surface area (Å²) in [5, 5.41) is 3.32. The quantitative estimate of drug-likeness (QED) is 0.450. The average molecular weight is 462 g/mol. The predicted molar refractivity (Wildman–Crippen MR) is 126 cm³/mol. The summed E-state index contributed by atoms with van der Waals surface area (Å²) in [4.78, 5) is 40.4. The Morgan fingerprint density at radius 2 is 1.68 bits per heavy atom. The van der Waals surface area contributed by atoms with Crippen LogP contribution in [0.3, 0.4) is 0 Å². The topological polar surface area (TPSA) is 89.9 Å². The van der Waals surface area contributed by atoms with Gasteiger partial charge in [-0.05, 0) is 37.5 Å². The molecule has 2 aliphatic rings. The molecule has 3 aromatic rings. The second kappa shape index (κ2) is 9.59. The summed E-state index contributed by atoms with van der Waals surface area (Å²) in [6, 6.07) is 14.7. The zero-order valence-electron chi connectivity index (χ0n) is 18.9. The molecule has 2 aromatic carbocycles. The monoisotopic (exact) mass is 461 g/mol. The van der Waals surface area contributed by atoms with Crippen LogP contribution < -0.4 is 14.8 Å². The number of rotatable bonds is 6. The Bertz CT molecular complexity index is 1230. The molecular formula is C26H27N3O5. The molecule has 0 bridgehead atoms. The van der Waals surface area contributed by atoms with E-state index in [9.17, 15) is 14.4 Å². The van der Waals surface area contributed by atoms with Gasteiger partial charge in [-0.15, -0.1) is 0 Å². The van der Waals surface area contributed by atoms with Gasteiger partial charge in [0.2, 0.25) is 5.91 Å².